The summed E-state index contributed by atoms with van der Waals surface area (Å²) in [6, 6.07) is 6.48. The molecule has 40 heteroatoms. The topological polar surface area (TPSA) is 598 Å². The molecule has 6 aliphatic rings. The van der Waals surface area contributed by atoms with Gasteiger partial charge >= 0.3 is 23.9 Å². The molecule has 40 nitrogen and oxygen atoms in total. The zero-order valence-corrected chi connectivity index (χ0v) is 75.0. The third kappa shape index (κ3) is 31.4. The quantitative estimate of drug-likeness (QED) is 0.0182. The third-order valence-electron chi connectivity index (χ3n) is 24.6. The molecule has 127 heavy (non-hydrogen) atoms. The van der Waals surface area contributed by atoms with Crippen molar-refractivity contribution in [2.45, 2.75) is 450 Å². The van der Waals surface area contributed by atoms with Gasteiger partial charge in [0.2, 0.25) is 0 Å². The maximum atomic E-state index is 14.3. The summed E-state index contributed by atoms with van der Waals surface area (Å²) >= 11 is 0. The molecule has 40 atom stereocenters. The van der Waals surface area contributed by atoms with Crippen molar-refractivity contribution in [3.05, 3.63) is 24.3 Å². The number of nitrogens with one attached hydrogen (secondary N) is 1. The predicted octanol–water partition coefficient (Wildman–Crippen LogP) is 0.414. The van der Waals surface area contributed by atoms with Gasteiger partial charge < -0.3 is 177 Å². The number of ether oxygens (including phenoxy) is 17. The molecular formula is C87H147NO39. The van der Waals surface area contributed by atoms with Crippen LogP contribution in [0.1, 0.15) is 217 Å². The lowest BCUT2D eigenvalue weighted by molar-refractivity contribution is -0.395. The number of aliphatic hydroxyl groups excluding tert-OH is 17. The summed E-state index contributed by atoms with van der Waals surface area (Å²) < 4.78 is 105. The molecule has 6 aliphatic heterocycles. The Hall–Kier alpha value is -4.79. The first-order valence-electron chi connectivity index (χ1n) is 45.3. The van der Waals surface area contributed by atoms with Crippen molar-refractivity contribution in [2.75, 3.05) is 25.6 Å². The predicted molar refractivity (Wildman–Crippen MR) is 442 cm³/mol. The van der Waals surface area contributed by atoms with E-state index in [0.717, 1.165) is 51.4 Å². The molecule has 0 saturated carbocycles. The Morgan fingerprint density at radius 2 is 0.819 bits per heavy atom. The number of hydrogen-bond donors (Lipinski definition) is 18. The van der Waals surface area contributed by atoms with Crippen LogP contribution in [0, 0.1) is 11.8 Å². The molecule has 6 saturated heterocycles. The normalized spacial score (nSPS) is 36.0. The van der Waals surface area contributed by atoms with Crippen molar-refractivity contribution in [3.63, 3.8) is 0 Å². The Kier molecular flexibility index (Phi) is 46.4. The fourth-order valence-electron chi connectivity index (χ4n) is 16.0. The van der Waals surface area contributed by atoms with Crippen LogP contribution in [-0.4, -0.2) is 370 Å². The Labute approximate surface area is 742 Å². The number of unbranched alkanes of at least 4 members (excludes halogenated alkanes) is 12. The Balaban J connectivity index is 1.00. The maximum absolute atomic E-state index is 14.3. The van der Waals surface area contributed by atoms with E-state index < -0.39 is 269 Å². The number of hydrogen-bond acceptors (Lipinski definition) is 40. The van der Waals surface area contributed by atoms with E-state index in [4.69, 9.17) is 80.5 Å². The molecule has 0 spiro atoms. The highest BCUT2D eigenvalue weighted by atomic mass is 16.8. The van der Waals surface area contributed by atoms with Crippen LogP contribution in [0.3, 0.4) is 0 Å². The van der Waals surface area contributed by atoms with Crippen molar-refractivity contribution >= 4 is 35.9 Å². The second kappa shape index (κ2) is 53.9. The Morgan fingerprint density at radius 1 is 0.409 bits per heavy atom. The number of aldehydes is 1. The summed E-state index contributed by atoms with van der Waals surface area (Å²) in [6.45, 7) is 15.3. The van der Waals surface area contributed by atoms with Crippen molar-refractivity contribution in [3.8, 4) is 5.75 Å². The first kappa shape index (κ1) is 109. The zero-order valence-electron chi connectivity index (χ0n) is 75.0. The second-order valence-electron chi connectivity index (χ2n) is 34.8. The number of carbonyl (C=O) groups is 5. The SMILES string of the molecule is CCC[C@H](O)CCCCCCCCCC(=O)O[C@@H]1[C@@H](O[C@H]2[C@H](O[C@@H]3[C@@H](O)[C@H](O)[C@@H](O[C@@H](CCC)CCCCCCCCCC(=O)O[C@@H]4[C@@H](O[C@H](CNc5ccc(OC)cc5)[C@@H](O)[C@H](O)[C@@H](O)C=O)O[C@H](C)[C@@H](OC(=O)[C@H](C)[C@H](C)O)[C@@H]4O[C@H]4O[C@H](C)[C@@H](O)[C@H](O)[C@@H]4O)O[C@H]3C)O[C@H](CO)[C@@H](O)[C@@H]2O)O[C@H](C)[C@@H](OC(=O)[C@H](C)[C@H](C)O)[C@@H]1O[C@@H]1O[C@@H](C)[C@H](O)[C@@H](O)[C@H]1O. The number of rotatable bonds is 53. The molecule has 7 rings (SSSR count). The van der Waals surface area contributed by atoms with Crippen LogP contribution in [0.2, 0.25) is 0 Å². The lowest BCUT2D eigenvalue weighted by Gasteiger charge is -2.50. The molecule has 0 bridgehead atoms. The minimum Gasteiger partial charge on any atom is -0.497 e. The molecule has 0 radical (unpaired) electrons. The molecule has 1 aromatic rings. The van der Waals surface area contributed by atoms with Gasteiger partial charge in [0.05, 0.1) is 80.5 Å². The van der Waals surface area contributed by atoms with Gasteiger partial charge in [0, 0.05) is 25.1 Å². The molecule has 18 N–H and O–H groups in total. The van der Waals surface area contributed by atoms with E-state index in [-0.39, 0.29) is 38.2 Å². The zero-order chi connectivity index (χ0) is 93.8. The van der Waals surface area contributed by atoms with E-state index in [1.165, 1.54) is 69.4 Å². The standard InChI is InChI=1S/C87H147NO39/c1-13-29-52(93)31-25-21-17-15-19-23-28-34-59(96)121-79-77(127-84-70(107)66(103)61(98)47(8)113-84)74(123-81(110)43(4)45(6)92)50(11)116-87(79)125-75-67(104)64(101)57(41-90)119-85(75)124-72-48(9)114-82(71(108)68(72)105)117-54(30-14-2)32-26-22-18-16-20-24-27-33-58(95)120-78-76(126-83-69(106)65(102)60(97)46(7)112-83)73(122-80(109)42(3)44(5)91)49(10)115-86(78)118-56(63(100)62(99)55(94)40-89)39-88-51-35-37-53(111-12)38-36-51/h35-38,40,42-50,52,54-57,60-79,82-88,90-94,97-108H,13-34,39,41H2,1-12H3/t42-,43-,44+,45+,46-,47+,48+,49-,50-,52+,54+,55+,56-,57-,60-,61+,62-,63-,64-,65+,66-,67+,68+,69+,70-,71+,72+,73-,74-,75-,76+,77+,78+,79+,82-,83-,84+,85+,86-,87-/m1/s1. The molecule has 6 heterocycles. The molecule has 0 amide bonds. The van der Waals surface area contributed by atoms with Crippen LogP contribution in [0.15, 0.2) is 24.3 Å². The molecule has 734 valence electrons. The fourth-order valence-corrected chi connectivity index (χ4v) is 16.0. The van der Waals surface area contributed by atoms with Crippen molar-refractivity contribution < 1.29 is 191 Å². The van der Waals surface area contributed by atoms with Gasteiger partial charge in [-0.15, -0.1) is 0 Å². The van der Waals surface area contributed by atoms with E-state index in [2.05, 4.69) is 5.32 Å². The van der Waals surface area contributed by atoms with Crippen LogP contribution < -0.4 is 10.1 Å². The van der Waals surface area contributed by atoms with E-state index in [1.54, 1.807) is 24.3 Å². The van der Waals surface area contributed by atoms with Crippen molar-refractivity contribution in [1.82, 2.24) is 0 Å². The minimum atomic E-state index is -2.16. The summed E-state index contributed by atoms with van der Waals surface area (Å²) in [7, 11) is 1.46. The highest BCUT2D eigenvalue weighted by Gasteiger charge is 2.60. The number of carbonyl (C=O) groups excluding carboxylic acids is 5. The van der Waals surface area contributed by atoms with Gasteiger partial charge in [0.15, 0.2) is 68.4 Å². The summed E-state index contributed by atoms with van der Waals surface area (Å²) in [5.74, 6) is -5.44. The molecule has 6 fully saturated rings. The van der Waals surface area contributed by atoms with E-state index in [9.17, 15) is 111 Å². The molecular weight excluding hydrogens is 1680 g/mol. The van der Waals surface area contributed by atoms with E-state index in [1.807, 2.05) is 13.8 Å². The Morgan fingerprint density at radius 3 is 1.29 bits per heavy atom. The number of esters is 4. The minimum absolute atomic E-state index is 0.00349. The molecule has 0 unspecified atom stereocenters. The average molecular weight is 1830 g/mol. The van der Waals surface area contributed by atoms with Gasteiger partial charge in [-0.3, -0.25) is 19.2 Å². The second-order valence-corrected chi connectivity index (χ2v) is 34.8. The van der Waals surface area contributed by atoms with Gasteiger partial charge in [-0.2, -0.15) is 0 Å². The fraction of sp³-hybridized carbons (Fsp3) is 0.874. The number of methoxy groups -OCH3 is 1. The summed E-state index contributed by atoms with van der Waals surface area (Å²) in [6.07, 6.45) is -48.8. The van der Waals surface area contributed by atoms with Crippen LogP contribution >= 0.6 is 0 Å². The molecule has 1 aromatic carbocycles. The average Bonchev–Trinajstić information content (AvgIpc) is 0.770. The number of anilines is 1. The van der Waals surface area contributed by atoms with Gasteiger partial charge in [0.25, 0.3) is 0 Å². The van der Waals surface area contributed by atoms with Crippen LogP contribution in [0.4, 0.5) is 5.69 Å². The lowest BCUT2D eigenvalue weighted by atomic mass is 9.95. The van der Waals surface area contributed by atoms with Gasteiger partial charge in [-0.25, -0.2) is 0 Å². The van der Waals surface area contributed by atoms with Gasteiger partial charge in [0.1, 0.15) is 122 Å². The highest BCUT2D eigenvalue weighted by Crippen LogP contribution is 2.40. The van der Waals surface area contributed by atoms with Crippen LogP contribution in [0.25, 0.3) is 0 Å². The summed E-state index contributed by atoms with van der Waals surface area (Å²) in [4.78, 5) is 67.7. The first-order chi connectivity index (χ1) is 60.3. The van der Waals surface area contributed by atoms with E-state index >= 15 is 0 Å². The number of benzene rings is 1. The van der Waals surface area contributed by atoms with Crippen molar-refractivity contribution in [1.29, 1.82) is 0 Å². The first-order valence-corrected chi connectivity index (χ1v) is 45.3. The summed E-state index contributed by atoms with van der Waals surface area (Å²) in [5.41, 5.74) is 0.446. The molecule has 0 aliphatic carbocycles. The monoisotopic (exact) mass is 1830 g/mol. The lowest BCUT2D eigenvalue weighted by Crippen LogP contribution is -2.68. The smallest absolute Gasteiger partial charge is 0.311 e. The summed E-state index contributed by atoms with van der Waals surface area (Å²) in [5, 5.41) is 191. The third-order valence-corrected chi connectivity index (χ3v) is 24.6. The largest absolute Gasteiger partial charge is 0.497 e. The Bertz CT molecular complexity index is 3320. The molecule has 0 aromatic heterocycles. The van der Waals surface area contributed by atoms with Crippen molar-refractivity contribution in [2.24, 2.45) is 11.8 Å². The van der Waals surface area contributed by atoms with Gasteiger partial charge in [-0.1, -0.05) is 104 Å². The maximum Gasteiger partial charge on any atom is 0.311 e. The highest BCUT2D eigenvalue weighted by molar-refractivity contribution is 5.74. The van der Waals surface area contributed by atoms with E-state index in [0.29, 0.717) is 82.1 Å². The number of aliphatic hydroxyl groups is 17. The van der Waals surface area contributed by atoms with Crippen LogP contribution in [0.5, 0.6) is 5.75 Å². The van der Waals surface area contributed by atoms with Gasteiger partial charge in [-0.05, 0) is 125 Å². The van der Waals surface area contributed by atoms with Crippen LogP contribution in [-0.2, 0) is 99.8 Å².